The molecule has 7 heteroatoms. The molecule has 3 heterocycles. The summed E-state index contributed by atoms with van der Waals surface area (Å²) in [7, 11) is 0. The molecule has 1 aliphatic rings. The van der Waals surface area contributed by atoms with Crippen molar-refractivity contribution < 1.29 is 0 Å². The Labute approximate surface area is 134 Å². The highest BCUT2D eigenvalue weighted by Crippen LogP contribution is 2.21. The van der Waals surface area contributed by atoms with Gasteiger partial charge in [-0.3, -0.25) is 9.58 Å². The van der Waals surface area contributed by atoms with Crippen LogP contribution in [0.25, 0.3) is 5.69 Å². The molecule has 1 atom stereocenters. The fourth-order valence-electron chi connectivity index (χ4n) is 3.19. The molecule has 1 aromatic carbocycles. The molecule has 23 heavy (non-hydrogen) atoms. The van der Waals surface area contributed by atoms with E-state index in [1.54, 1.807) is 0 Å². The molecule has 0 amide bonds. The van der Waals surface area contributed by atoms with Gasteiger partial charge in [0.25, 0.3) is 0 Å². The van der Waals surface area contributed by atoms with Gasteiger partial charge in [-0.1, -0.05) is 18.2 Å². The lowest BCUT2D eigenvalue weighted by Gasteiger charge is -2.23. The zero-order valence-corrected chi connectivity index (χ0v) is 12.9. The van der Waals surface area contributed by atoms with Crippen molar-refractivity contribution in [1.82, 2.24) is 34.9 Å². The van der Waals surface area contributed by atoms with Crippen molar-refractivity contribution >= 4 is 0 Å². The molecule has 0 unspecified atom stereocenters. The van der Waals surface area contributed by atoms with Crippen LogP contribution in [0, 0.1) is 0 Å². The standard InChI is InChI=1S/C16H19N7/c1-2-6-14(7-3-1)23-16(18-19-20-23)13-21-10-4-8-15(21)12-22-11-5-9-17-22/h1-3,5-7,9,11,15H,4,8,10,12-13H2/t15-/m0/s1. The van der Waals surface area contributed by atoms with Gasteiger partial charge in [0.15, 0.2) is 5.82 Å². The molecule has 2 aromatic heterocycles. The highest BCUT2D eigenvalue weighted by Gasteiger charge is 2.26. The van der Waals surface area contributed by atoms with Crippen LogP contribution >= 0.6 is 0 Å². The van der Waals surface area contributed by atoms with Gasteiger partial charge in [0.05, 0.1) is 18.8 Å². The van der Waals surface area contributed by atoms with Gasteiger partial charge in [-0.15, -0.1) is 5.10 Å². The third-order valence-electron chi connectivity index (χ3n) is 4.34. The van der Waals surface area contributed by atoms with E-state index in [0.29, 0.717) is 6.04 Å². The molecule has 0 bridgehead atoms. The maximum absolute atomic E-state index is 4.32. The SMILES string of the molecule is c1ccc(-n2nnnc2CN2CCC[C@H]2Cn2cccn2)cc1. The van der Waals surface area contributed by atoms with E-state index in [2.05, 4.69) is 25.5 Å². The van der Waals surface area contributed by atoms with Crippen LogP contribution in [-0.2, 0) is 13.1 Å². The first-order chi connectivity index (χ1) is 11.4. The Morgan fingerprint density at radius 1 is 1.13 bits per heavy atom. The van der Waals surface area contributed by atoms with Gasteiger partial charge in [0, 0.05) is 18.4 Å². The van der Waals surface area contributed by atoms with Crippen molar-refractivity contribution in [2.75, 3.05) is 6.54 Å². The molecule has 0 aliphatic carbocycles. The summed E-state index contributed by atoms with van der Waals surface area (Å²) in [4.78, 5) is 2.45. The summed E-state index contributed by atoms with van der Waals surface area (Å²) in [5.74, 6) is 0.878. The Morgan fingerprint density at radius 2 is 2.04 bits per heavy atom. The summed E-state index contributed by atoms with van der Waals surface area (Å²) in [5, 5.41) is 16.5. The predicted octanol–water partition coefficient (Wildman–Crippen LogP) is 1.52. The number of tetrazole rings is 1. The van der Waals surface area contributed by atoms with Crippen LogP contribution in [0.4, 0.5) is 0 Å². The van der Waals surface area contributed by atoms with E-state index in [9.17, 15) is 0 Å². The van der Waals surface area contributed by atoms with Gasteiger partial charge in [-0.2, -0.15) is 9.78 Å². The molecule has 0 saturated carbocycles. The molecule has 0 N–H and O–H groups in total. The Bertz CT molecular complexity index is 735. The maximum atomic E-state index is 4.32. The minimum Gasteiger partial charge on any atom is -0.291 e. The molecule has 4 rings (SSSR count). The molecule has 7 nitrogen and oxygen atoms in total. The number of nitrogens with zero attached hydrogens (tertiary/aromatic N) is 7. The van der Waals surface area contributed by atoms with Gasteiger partial charge in [0.2, 0.25) is 0 Å². The number of rotatable bonds is 5. The van der Waals surface area contributed by atoms with Crippen molar-refractivity contribution in [3.05, 3.63) is 54.6 Å². The minimum atomic E-state index is 0.482. The predicted molar refractivity (Wildman–Crippen MR) is 84.8 cm³/mol. The van der Waals surface area contributed by atoms with Gasteiger partial charge in [0.1, 0.15) is 0 Å². The monoisotopic (exact) mass is 309 g/mol. The van der Waals surface area contributed by atoms with Crippen molar-refractivity contribution in [3.8, 4) is 5.69 Å². The van der Waals surface area contributed by atoms with E-state index in [1.165, 1.54) is 12.8 Å². The van der Waals surface area contributed by atoms with Crippen LogP contribution in [0.3, 0.4) is 0 Å². The van der Waals surface area contributed by atoms with Crippen LogP contribution in [0.2, 0.25) is 0 Å². The Kier molecular flexibility index (Phi) is 3.85. The largest absolute Gasteiger partial charge is 0.291 e. The maximum Gasteiger partial charge on any atom is 0.170 e. The van der Waals surface area contributed by atoms with Crippen LogP contribution in [0.5, 0.6) is 0 Å². The summed E-state index contributed by atoms with van der Waals surface area (Å²) in [6.07, 6.45) is 6.24. The van der Waals surface area contributed by atoms with Gasteiger partial charge >= 0.3 is 0 Å². The fourth-order valence-corrected chi connectivity index (χ4v) is 3.19. The van der Waals surface area contributed by atoms with Gasteiger partial charge in [-0.05, 0) is 48.0 Å². The second-order valence-electron chi connectivity index (χ2n) is 5.84. The molecule has 0 spiro atoms. The van der Waals surface area contributed by atoms with Gasteiger partial charge in [-0.25, -0.2) is 0 Å². The zero-order valence-electron chi connectivity index (χ0n) is 12.9. The first-order valence-corrected chi connectivity index (χ1v) is 7.94. The lowest BCUT2D eigenvalue weighted by Crippen LogP contribution is -2.33. The minimum absolute atomic E-state index is 0.482. The highest BCUT2D eigenvalue weighted by atomic mass is 15.5. The Hall–Kier alpha value is -2.54. The second-order valence-corrected chi connectivity index (χ2v) is 5.84. The van der Waals surface area contributed by atoms with E-state index >= 15 is 0 Å². The van der Waals surface area contributed by atoms with Crippen LogP contribution in [0.15, 0.2) is 48.8 Å². The summed E-state index contributed by atoms with van der Waals surface area (Å²) in [6, 6.07) is 12.5. The van der Waals surface area contributed by atoms with Crippen molar-refractivity contribution in [2.24, 2.45) is 0 Å². The van der Waals surface area contributed by atoms with Crippen molar-refractivity contribution in [1.29, 1.82) is 0 Å². The van der Waals surface area contributed by atoms with Crippen LogP contribution in [-0.4, -0.2) is 47.5 Å². The lowest BCUT2D eigenvalue weighted by molar-refractivity contribution is 0.212. The topological polar surface area (TPSA) is 64.7 Å². The molecule has 1 fully saturated rings. The third-order valence-corrected chi connectivity index (χ3v) is 4.34. The highest BCUT2D eigenvalue weighted by molar-refractivity contribution is 5.30. The first-order valence-electron chi connectivity index (χ1n) is 7.94. The molecule has 3 aromatic rings. The summed E-state index contributed by atoms with van der Waals surface area (Å²) < 4.78 is 3.83. The average Bonchev–Trinajstić information content (AvgIpc) is 3.32. The molecule has 1 aliphatic heterocycles. The Balaban J connectivity index is 1.51. The molecular weight excluding hydrogens is 290 g/mol. The summed E-state index contributed by atoms with van der Waals surface area (Å²) in [5.41, 5.74) is 0.996. The van der Waals surface area contributed by atoms with E-state index in [4.69, 9.17) is 0 Å². The normalized spacial score (nSPS) is 18.5. The molecule has 118 valence electrons. The summed E-state index contributed by atoms with van der Waals surface area (Å²) >= 11 is 0. The molecule has 1 saturated heterocycles. The van der Waals surface area contributed by atoms with Crippen LogP contribution < -0.4 is 0 Å². The number of hydrogen-bond acceptors (Lipinski definition) is 5. The number of aromatic nitrogens is 6. The van der Waals surface area contributed by atoms with Crippen LogP contribution in [0.1, 0.15) is 18.7 Å². The number of para-hydroxylation sites is 1. The smallest absolute Gasteiger partial charge is 0.170 e. The number of hydrogen-bond donors (Lipinski definition) is 0. The average molecular weight is 309 g/mol. The van der Waals surface area contributed by atoms with E-state index in [0.717, 1.165) is 31.1 Å². The van der Waals surface area contributed by atoms with Gasteiger partial charge < -0.3 is 0 Å². The lowest BCUT2D eigenvalue weighted by atomic mass is 10.2. The number of likely N-dealkylation sites (tertiary alicyclic amines) is 1. The number of benzene rings is 1. The quantitative estimate of drug-likeness (QED) is 0.715. The van der Waals surface area contributed by atoms with E-state index in [-0.39, 0.29) is 0 Å². The van der Waals surface area contributed by atoms with E-state index < -0.39 is 0 Å². The van der Waals surface area contributed by atoms with E-state index in [1.807, 2.05) is 58.2 Å². The molecular formula is C16H19N7. The first kappa shape index (κ1) is 14.1. The van der Waals surface area contributed by atoms with Crippen molar-refractivity contribution in [3.63, 3.8) is 0 Å². The third kappa shape index (κ3) is 3.00. The Morgan fingerprint density at radius 3 is 2.87 bits per heavy atom. The second kappa shape index (κ2) is 6.29. The molecule has 0 radical (unpaired) electrons. The fraction of sp³-hybridized carbons (Fsp3) is 0.375. The summed E-state index contributed by atoms with van der Waals surface area (Å²) in [6.45, 7) is 2.75. The van der Waals surface area contributed by atoms with Crippen molar-refractivity contribution in [2.45, 2.75) is 32.0 Å². The zero-order chi connectivity index (χ0) is 15.5.